The molecule has 1 rings (SSSR count). The largest absolute Gasteiger partial charge is 0.375 e. The lowest BCUT2D eigenvalue weighted by Crippen LogP contribution is -2.32. The molecule has 0 saturated carbocycles. The maximum Gasteiger partial charge on any atom is 0.0615 e. The predicted molar refractivity (Wildman–Crippen MR) is 70.6 cm³/mol. The molecule has 1 aliphatic rings. The summed E-state index contributed by atoms with van der Waals surface area (Å²) in [5, 5.41) is 0. The van der Waals surface area contributed by atoms with Crippen molar-refractivity contribution >= 4 is 0 Å². The van der Waals surface area contributed by atoms with Crippen molar-refractivity contribution in [3.63, 3.8) is 0 Å². The van der Waals surface area contributed by atoms with Crippen LogP contribution in [0.25, 0.3) is 0 Å². The van der Waals surface area contributed by atoms with E-state index in [2.05, 4.69) is 27.4 Å². The van der Waals surface area contributed by atoms with Crippen LogP contribution in [0, 0.1) is 5.92 Å². The van der Waals surface area contributed by atoms with Crippen LogP contribution >= 0.6 is 0 Å². The molecule has 1 saturated heterocycles. The summed E-state index contributed by atoms with van der Waals surface area (Å²) >= 11 is 0. The first kappa shape index (κ1) is 13.8. The highest BCUT2D eigenvalue weighted by molar-refractivity contribution is 5.04. The van der Waals surface area contributed by atoms with Gasteiger partial charge in [0.25, 0.3) is 0 Å². The average molecular weight is 224 g/mol. The Balaban J connectivity index is 2.25. The van der Waals surface area contributed by atoms with E-state index >= 15 is 0 Å². The van der Waals surface area contributed by atoms with Crippen molar-refractivity contribution in [1.29, 1.82) is 0 Å². The molecule has 16 heavy (non-hydrogen) atoms. The molecule has 0 aliphatic carbocycles. The van der Waals surface area contributed by atoms with Crippen LogP contribution in [0.4, 0.5) is 0 Å². The number of hydrogen-bond donors (Lipinski definition) is 0. The van der Waals surface area contributed by atoms with Crippen LogP contribution in [-0.2, 0) is 4.74 Å². The summed E-state index contributed by atoms with van der Waals surface area (Å²) in [7, 11) is 0. The Bertz CT molecular complexity index is 209. The van der Waals surface area contributed by atoms with Crippen LogP contribution in [-0.4, -0.2) is 12.2 Å². The van der Waals surface area contributed by atoms with E-state index in [1.54, 1.807) is 0 Å². The Kier molecular flexibility index (Phi) is 6.12. The van der Waals surface area contributed by atoms with Crippen molar-refractivity contribution in [2.24, 2.45) is 5.92 Å². The van der Waals surface area contributed by atoms with Gasteiger partial charge in [0.05, 0.1) is 12.2 Å². The van der Waals surface area contributed by atoms with E-state index < -0.39 is 0 Å². The zero-order valence-corrected chi connectivity index (χ0v) is 11.3. The summed E-state index contributed by atoms with van der Waals surface area (Å²) in [4.78, 5) is 0. The minimum atomic E-state index is 0.377. The molecular weight excluding hydrogens is 196 g/mol. The number of unbranched alkanes of at least 4 members (excludes halogenated alkanes) is 3. The van der Waals surface area contributed by atoms with Crippen LogP contribution in [0.1, 0.15) is 65.7 Å². The number of hydrogen-bond acceptors (Lipinski definition) is 1. The van der Waals surface area contributed by atoms with E-state index in [9.17, 15) is 0 Å². The second kappa shape index (κ2) is 7.11. The standard InChI is InChI=1S/C15H28O/c1-5-6-7-8-9-12(2)15-11-10-13(3)16-14(15)4/h13-15H,2,5-11H2,1,3-4H3/t13-,14+,15?/m0/s1. The summed E-state index contributed by atoms with van der Waals surface area (Å²) in [5.74, 6) is 0.609. The minimum absolute atomic E-state index is 0.377. The molecule has 0 spiro atoms. The summed E-state index contributed by atoms with van der Waals surface area (Å²) in [6, 6.07) is 0. The van der Waals surface area contributed by atoms with Crippen molar-refractivity contribution in [2.75, 3.05) is 0 Å². The summed E-state index contributed by atoms with van der Waals surface area (Å²) < 4.78 is 5.89. The molecule has 0 bridgehead atoms. The monoisotopic (exact) mass is 224 g/mol. The Hall–Kier alpha value is -0.300. The van der Waals surface area contributed by atoms with Crippen LogP contribution < -0.4 is 0 Å². The maximum atomic E-state index is 5.89. The van der Waals surface area contributed by atoms with E-state index in [4.69, 9.17) is 4.74 Å². The van der Waals surface area contributed by atoms with Crippen molar-refractivity contribution in [2.45, 2.75) is 77.9 Å². The SMILES string of the molecule is C=C(CCCCCC)C1CC[C@H](C)O[C@@H]1C. The van der Waals surface area contributed by atoms with Gasteiger partial charge >= 0.3 is 0 Å². The quantitative estimate of drug-likeness (QED) is 0.468. The zero-order valence-electron chi connectivity index (χ0n) is 11.3. The highest BCUT2D eigenvalue weighted by Crippen LogP contribution is 2.31. The third-order valence-electron chi connectivity index (χ3n) is 3.77. The summed E-state index contributed by atoms with van der Waals surface area (Å²) in [5.41, 5.74) is 1.43. The van der Waals surface area contributed by atoms with Crippen LogP contribution in [0.5, 0.6) is 0 Å². The predicted octanol–water partition coefficient (Wildman–Crippen LogP) is 4.72. The fourth-order valence-corrected chi connectivity index (χ4v) is 2.68. The van der Waals surface area contributed by atoms with E-state index in [1.807, 2.05) is 0 Å². The highest BCUT2D eigenvalue weighted by Gasteiger charge is 2.27. The Morgan fingerprint density at radius 1 is 1.19 bits per heavy atom. The highest BCUT2D eigenvalue weighted by atomic mass is 16.5. The zero-order chi connectivity index (χ0) is 12.0. The number of rotatable bonds is 6. The Morgan fingerprint density at radius 2 is 1.94 bits per heavy atom. The molecule has 1 heterocycles. The molecule has 0 N–H and O–H groups in total. The van der Waals surface area contributed by atoms with Crippen molar-refractivity contribution in [3.05, 3.63) is 12.2 Å². The van der Waals surface area contributed by atoms with Gasteiger partial charge in [-0.15, -0.1) is 0 Å². The Labute approximate surface area is 101 Å². The first-order valence-corrected chi connectivity index (χ1v) is 6.98. The van der Waals surface area contributed by atoms with E-state index in [1.165, 1.54) is 50.5 Å². The van der Waals surface area contributed by atoms with Gasteiger partial charge in [-0.1, -0.05) is 38.3 Å². The lowest BCUT2D eigenvalue weighted by Gasteiger charge is -2.34. The van der Waals surface area contributed by atoms with Gasteiger partial charge in [0.15, 0.2) is 0 Å². The molecule has 1 unspecified atom stereocenters. The van der Waals surface area contributed by atoms with Gasteiger partial charge in [-0.3, -0.25) is 0 Å². The molecule has 1 heteroatoms. The molecule has 1 aliphatic heterocycles. The van der Waals surface area contributed by atoms with Gasteiger partial charge in [-0.05, 0) is 39.5 Å². The first-order valence-electron chi connectivity index (χ1n) is 6.98. The van der Waals surface area contributed by atoms with Gasteiger partial charge in [-0.2, -0.15) is 0 Å². The van der Waals surface area contributed by atoms with Gasteiger partial charge in [-0.25, -0.2) is 0 Å². The third-order valence-corrected chi connectivity index (χ3v) is 3.77. The van der Waals surface area contributed by atoms with Gasteiger partial charge < -0.3 is 4.74 Å². The van der Waals surface area contributed by atoms with E-state index in [0.29, 0.717) is 18.1 Å². The van der Waals surface area contributed by atoms with Crippen LogP contribution in [0.3, 0.4) is 0 Å². The molecule has 0 aromatic heterocycles. The lowest BCUT2D eigenvalue weighted by atomic mass is 9.84. The molecule has 3 atom stereocenters. The van der Waals surface area contributed by atoms with E-state index in [0.717, 1.165) is 0 Å². The molecule has 1 fully saturated rings. The van der Waals surface area contributed by atoms with Crippen LogP contribution in [0.2, 0.25) is 0 Å². The van der Waals surface area contributed by atoms with Crippen molar-refractivity contribution in [3.8, 4) is 0 Å². The Morgan fingerprint density at radius 3 is 2.56 bits per heavy atom. The van der Waals surface area contributed by atoms with Gasteiger partial charge in [0, 0.05) is 5.92 Å². The molecule has 1 nitrogen and oxygen atoms in total. The molecule has 0 amide bonds. The molecule has 0 aromatic carbocycles. The maximum absolute atomic E-state index is 5.89. The molecule has 0 radical (unpaired) electrons. The van der Waals surface area contributed by atoms with Crippen molar-refractivity contribution in [1.82, 2.24) is 0 Å². The molecule has 0 aromatic rings. The number of ether oxygens (including phenoxy) is 1. The first-order chi connectivity index (χ1) is 7.65. The summed E-state index contributed by atoms with van der Waals surface area (Å²) in [6.45, 7) is 10.9. The fourth-order valence-electron chi connectivity index (χ4n) is 2.68. The molecule has 94 valence electrons. The normalized spacial score (nSPS) is 30.3. The van der Waals surface area contributed by atoms with Crippen molar-refractivity contribution < 1.29 is 4.74 Å². The topological polar surface area (TPSA) is 9.23 Å². The lowest BCUT2D eigenvalue weighted by molar-refractivity contribution is -0.0552. The second-order valence-corrected chi connectivity index (χ2v) is 5.30. The van der Waals surface area contributed by atoms with E-state index in [-0.39, 0.29) is 0 Å². The van der Waals surface area contributed by atoms with Crippen LogP contribution in [0.15, 0.2) is 12.2 Å². The molecular formula is C15H28O. The smallest absolute Gasteiger partial charge is 0.0615 e. The van der Waals surface area contributed by atoms with Gasteiger partial charge in [0.1, 0.15) is 0 Å². The second-order valence-electron chi connectivity index (χ2n) is 5.30. The van der Waals surface area contributed by atoms with Gasteiger partial charge in [0.2, 0.25) is 0 Å². The third kappa shape index (κ3) is 4.29. The average Bonchev–Trinajstić information content (AvgIpc) is 2.24. The minimum Gasteiger partial charge on any atom is -0.375 e. The summed E-state index contributed by atoms with van der Waals surface area (Å²) in [6.07, 6.45) is 9.83. The fraction of sp³-hybridized carbons (Fsp3) is 0.867.